The summed E-state index contributed by atoms with van der Waals surface area (Å²) in [6.45, 7) is 4.42. The molecule has 3 rings (SSSR count). The Hall–Kier alpha value is -2.46. The molecule has 1 fully saturated rings. The van der Waals surface area contributed by atoms with Crippen molar-refractivity contribution < 1.29 is 14.2 Å². The largest absolute Gasteiger partial charge is 0.497 e. The number of likely N-dealkylation sites (tertiary alicyclic amines) is 1. The van der Waals surface area contributed by atoms with Gasteiger partial charge in [0.2, 0.25) is 0 Å². The first-order valence-electron chi connectivity index (χ1n) is 10.1. The molecule has 4 nitrogen and oxygen atoms in total. The summed E-state index contributed by atoms with van der Waals surface area (Å²) in [5.41, 5.74) is 2.16. The summed E-state index contributed by atoms with van der Waals surface area (Å²) in [7, 11) is 3.32. The van der Waals surface area contributed by atoms with E-state index in [2.05, 4.69) is 29.2 Å². The zero-order valence-corrected chi connectivity index (χ0v) is 17.0. The van der Waals surface area contributed by atoms with Gasteiger partial charge < -0.3 is 19.1 Å². The fourth-order valence-corrected chi connectivity index (χ4v) is 3.45. The summed E-state index contributed by atoms with van der Waals surface area (Å²) in [5, 5.41) is 0. The van der Waals surface area contributed by atoms with Gasteiger partial charge in [0, 0.05) is 12.6 Å². The molecule has 0 bridgehead atoms. The Labute approximate surface area is 168 Å². The highest BCUT2D eigenvalue weighted by molar-refractivity contribution is 5.71. The number of hydrogen-bond donors (Lipinski definition) is 0. The molecule has 28 heavy (non-hydrogen) atoms. The molecule has 0 aliphatic carbocycles. The van der Waals surface area contributed by atoms with E-state index in [0.717, 1.165) is 47.9 Å². The van der Waals surface area contributed by atoms with Crippen molar-refractivity contribution in [2.24, 2.45) is 0 Å². The fraction of sp³-hybridized carbons (Fsp3) is 0.417. The fourth-order valence-electron chi connectivity index (χ4n) is 3.45. The normalized spacial score (nSPS) is 14.9. The predicted molar refractivity (Wildman–Crippen MR) is 115 cm³/mol. The Bertz CT molecular complexity index is 727. The molecule has 0 unspecified atom stereocenters. The van der Waals surface area contributed by atoms with Crippen LogP contribution in [0.25, 0.3) is 12.2 Å². The van der Waals surface area contributed by atoms with Crippen LogP contribution in [0.1, 0.15) is 36.8 Å². The molecule has 1 aliphatic heterocycles. The lowest BCUT2D eigenvalue weighted by Crippen LogP contribution is -2.31. The van der Waals surface area contributed by atoms with Crippen LogP contribution in [0.4, 0.5) is 0 Å². The number of benzene rings is 2. The zero-order chi connectivity index (χ0) is 19.6. The molecule has 0 atom stereocenters. The summed E-state index contributed by atoms with van der Waals surface area (Å²) in [6.07, 6.45) is 9.29. The third-order valence-corrected chi connectivity index (χ3v) is 5.06. The van der Waals surface area contributed by atoms with E-state index < -0.39 is 0 Å². The van der Waals surface area contributed by atoms with Crippen molar-refractivity contribution in [2.45, 2.75) is 25.7 Å². The predicted octanol–water partition coefficient (Wildman–Crippen LogP) is 5.13. The highest BCUT2D eigenvalue weighted by atomic mass is 16.5. The third-order valence-electron chi connectivity index (χ3n) is 5.06. The van der Waals surface area contributed by atoms with E-state index in [1.165, 1.54) is 32.4 Å². The maximum absolute atomic E-state index is 5.89. The number of rotatable bonds is 9. The molecule has 1 saturated heterocycles. The standard InChI is InChI=1S/C24H31NO3/c1-26-23-17-21(18-24(19-23)27-2)8-7-20-9-11-22(12-10-20)28-16-6-15-25-13-4-3-5-14-25/h7-12,17-19H,3-6,13-16H2,1-2H3/b8-7+. The van der Waals surface area contributed by atoms with E-state index in [4.69, 9.17) is 14.2 Å². The van der Waals surface area contributed by atoms with E-state index in [1.54, 1.807) is 14.2 Å². The van der Waals surface area contributed by atoms with Crippen molar-refractivity contribution in [3.05, 3.63) is 53.6 Å². The van der Waals surface area contributed by atoms with Gasteiger partial charge in [-0.25, -0.2) is 0 Å². The zero-order valence-electron chi connectivity index (χ0n) is 17.0. The lowest BCUT2D eigenvalue weighted by molar-refractivity contribution is 0.205. The van der Waals surface area contributed by atoms with Crippen LogP contribution in [0.15, 0.2) is 42.5 Å². The Morgan fingerprint density at radius 2 is 1.43 bits per heavy atom. The first-order valence-corrected chi connectivity index (χ1v) is 10.1. The Morgan fingerprint density at radius 3 is 2.07 bits per heavy atom. The second-order valence-corrected chi connectivity index (χ2v) is 7.15. The van der Waals surface area contributed by atoms with Crippen molar-refractivity contribution >= 4 is 12.2 Å². The Balaban J connectivity index is 1.48. The van der Waals surface area contributed by atoms with Gasteiger partial charge in [-0.3, -0.25) is 0 Å². The summed E-state index contributed by atoms with van der Waals surface area (Å²) in [5.74, 6) is 2.50. The van der Waals surface area contributed by atoms with E-state index in [0.29, 0.717) is 0 Å². The lowest BCUT2D eigenvalue weighted by Gasteiger charge is -2.26. The maximum Gasteiger partial charge on any atom is 0.123 e. The van der Waals surface area contributed by atoms with Crippen LogP contribution in [0.5, 0.6) is 17.2 Å². The summed E-state index contributed by atoms with van der Waals surface area (Å²) < 4.78 is 16.5. The summed E-state index contributed by atoms with van der Waals surface area (Å²) >= 11 is 0. The quantitative estimate of drug-likeness (QED) is 0.445. The molecule has 1 aliphatic rings. The molecule has 0 saturated carbocycles. The van der Waals surface area contributed by atoms with Crippen LogP contribution in [0.3, 0.4) is 0 Å². The Morgan fingerprint density at radius 1 is 0.786 bits per heavy atom. The van der Waals surface area contributed by atoms with Gasteiger partial charge >= 0.3 is 0 Å². The summed E-state index contributed by atoms with van der Waals surface area (Å²) in [4.78, 5) is 2.55. The monoisotopic (exact) mass is 381 g/mol. The van der Waals surface area contributed by atoms with Crippen LogP contribution in [0, 0.1) is 0 Å². The van der Waals surface area contributed by atoms with Gasteiger partial charge in [-0.2, -0.15) is 0 Å². The van der Waals surface area contributed by atoms with Crippen molar-refractivity contribution in [1.29, 1.82) is 0 Å². The maximum atomic E-state index is 5.89. The Kier molecular flexibility index (Phi) is 7.80. The molecule has 0 N–H and O–H groups in total. The highest BCUT2D eigenvalue weighted by Crippen LogP contribution is 2.24. The SMILES string of the molecule is COc1cc(/C=C/c2ccc(OCCCN3CCCCC3)cc2)cc(OC)c1. The molecule has 0 radical (unpaired) electrons. The molecule has 2 aromatic rings. The van der Waals surface area contributed by atoms with Crippen LogP contribution in [0.2, 0.25) is 0 Å². The number of nitrogens with zero attached hydrogens (tertiary/aromatic N) is 1. The van der Waals surface area contributed by atoms with Gasteiger partial charge in [0.1, 0.15) is 17.2 Å². The van der Waals surface area contributed by atoms with E-state index in [1.807, 2.05) is 30.3 Å². The molecule has 0 aromatic heterocycles. The molecule has 4 heteroatoms. The molecular formula is C24H31NO3. The van der Waals surface area contributed by atoms with Crippen LogP contribution >= 0.6 is 0 Å². The van der Waals surface area contributed by atoms with Gasteiger partial charge in [-0.05, 0) is 67.7 Å². The van der Waals surface area contributed by atoms with E-state index in [-0.39, 0.29) is 0 Å². The van der Waals surface area contributed by atoms with Gasteiger partial charge in [0.25, 0.3) is 0 Å². The van der Waals surface area contributed by atoms with Crippen LogP contribution in [-0.2, 0) is 0 Å². The highest BCUT2D eigenvalue weighted by Gasteiger charge is 2.09. The molecule has 2 aromatic carbocycles. The van der Waals surface area contributed by atoms with E-state index >= 15 is 0 Å². The molecule has 150 valence electrons. The third kappa shape index (κ3) is 6.31. The van der Waals surface area contributed by atoms with Gasteiger partial charge in [-0.15, -0.1) is 0 Å². The van der Waals surface area contributed by atoms with Crippen molar-refractivity contribution in [3.8, 4) is 17.2 Å². The second kappa shape index (κ2) is 10.8. The van der Waals surface area contributed by atoms with Crippen molar-refractivity contribution in [3.63, 3.8) is 0 Å². The number of methoxy groups -OCH3 is 2. The molecule has 1 heterocycles. The van der Waals surface area contributed by atoms with Crippen LogP contribution in [-0.4, -0.2) is 45.4 Å². The average Bonchev–Trinajstić information content (AvgIpc) is 2.76. The molecule has 0 amide bonds. The first kappa shape index (κ1) is 20.3. The summed E-state index contributed by atoms with van der Waals surface area (Å²) in [6, 6.07) is 14.1. The van der Waals surface area contributed by atoms with Gasteiger partial charge in [-0.1, -0.05) is 30.7 Å². The number of ether oxygens (including phenoxy) is 3. The topological polar surface area (TPSA) is 30.9 Å². The average molecular weight is 382 g/mol. The number of hydrogen-bond acceptors (Lipinski definition) is 4. The second-order valence-electron chi connectivity index (χ2n) is 7.15. The first-order chi connectivity index (χ1) is 13.8. The van der Waals surface area contributed by atoms with E-state index in [9.17, 15) is 0 Å². The molecule has 0 spiro atoms. The minimum atomic E-state index is 0.773. The van der Waals surface area contributed by atoms with Gasteiger partial charge in [0.15, 0.2) is 0 Å². The molecular weight excluding hydrogens is 350 g/mol. The van der Waals surface area contributed by atoms with Crippen molar-refractivity contribution in [1.82, 2.24) is 4.90 Å². The smallest absolute Gasteiger partial charge is 0.123 e. The minimum Gasteiger partial charge on any atom is -0.497 e. The van der Waals surface area contributed by atoms with Gasteiger partial charge in [0.05, 0.1) is 20.8 Å². The number of piperidine rings is 1. The van der Waals surface area contributed by atoms with Crippen LogP contribution < -0.4 is 14.2 Å². The van der Waals surface area contributed by atoms with Crippen molar-refractivity contribution in [2.75, 3.05) is 40.5 Å². The minimum absolute atomic E-state index is 0.773. The lowest BCUT2D eigenvalue weighted by atomic mass is 10.1.